The fourth-order valence-corrected chi connectivity index (χ4v) is 2.20. The van der Waals surface area contributed by atoms with Crippen molar-refractivity contribution in [1.82, 2.24) is 0 Å². The average Bonchev–Trinajstić information content (AvgIpc) is 2.38. The van der Waals surface area contributed by atoms with Gasteiger partial charge in [-0.1, -0.05) is 6.07 Å². The molecule has 0 aromatic heterocycles. The van der Waals surface area contributed by atoms with E-state index in [4.69, 9.17) is 4.74 Å². The average molecular weight is 263 g/mol. The minimum absolute atomic E-state index is 0. The van der Waals surface area contributed by atoms with E-state index in [-0.39, 0.29) is 30.4 Å². The van der Waals surface area contributed by atoms with Gasteiger partial charge in [-0.05, 0) is 51.3 Å². The molecule has 0 bridgehead atoms. The number of fused-ring (bicyclic) bond motifs is 1. The minimum atomic E-state index is -0.0222. The van der Waals surface area contributed by atoms with E-state index in [1.165, 1.54) is 22.3 Å². The summed E-state index contributed by atoms with van der Waals surface area (Å²) in [4.78, 5) is 0. The topological polar surface area (TPSA) is 9.23 Å². The highest BCUT2D eigenvalue weighted by Crippen LogP contribution is 2.40. The second-order valence-electron chi connectivity index (χ2n) is 4.98. The second kappa shape index (κ2) is 4.85. The molecule has 0 radical (unpaired) electrons. The molecule has 3 heteroatoms. The van der Waals surface area contributed by atoms with Gasteiger partial charge in [0.2, 0.25) is 0 Å². The molecule has 0 unspecified atom stereocenters. The molecular weight excluding hydrogens is 243 g/mol. The highest BCUT2D eigenvalue weighted by molar-refractivity contribution is 5.85. The van der Waals surface area contributed by atoms with Crippen molar-refractivity contribution < 1.29 is 4.74 Å². The first-order valence-corrected chi connectivity index (χ1v) is 5.19. The summed E-state index contributed by atoms with van der Waals surface area (Å²) < 4.78 is 5.99. The lowest BCUT2D eigenvalue weighted by Gasteiger charge is -2.17. The Bertz CT molecular complexity index is 397. The van der Waals surface area contributed by atoms with Crippen molar-refractivity contribution in [2.75, 3.05) is 0 Å². The zero-order valence-corrected chi connectivity index (χ0v) is 12.1. The quantitative estimate of drug-likeness (QED) is 0.682. The lowest BCUT2D eigenvalue weighted by atomic mass is 9.94. The number of aryl methyl sites for hydroxylation is 2. The van der Waals surface area contributed by atoms with Crippen LogP contribution in [0.15, 0.2) is 6.07 Å². The van der Waals surface area contributed by atoms with E-state index >= 15 is 0 Å². The fraction of sp³-hybridized carbons (Fsp3) is 0.538. The maximum atomic E-state index is 5.99. The molecule has 1 aromatic carbocycles. The van der Waals surface area contributed by atoms with E-state index in [1.807, 2.05) is 0 Å². The minimum Gasteiger partial charge on any atom is -0.487 e. The van der Waals surface area contributed by atoms with E-state index in [0.717, 1.165) is 12.2 Å². The standard InChI is InChI=1S/C13H18O.2ClH/c1-8-6-9(2)11-7-13(4,5)14-12(11)10(8)3;;/h6H,7H2,1-5H3;2*1H. The molecule has 0 N–H and O–H groups in total. The number of halogens is 2. The van der Waals surface area contributed by atoms with Crippen LogP contribution >= 0.6 is 24.8 Å². The first-order valence-electron chi connectivity index (χ1n) is 5.19. The van der Waals surface area contributed by atoms with Crippen LogP contribution in [0, 0.1) is 20.8 Å². The fourth-order valence-electron chi connectivity index (χ4n) is 2.20. The Balaban J connectivity index is 0.00000112. The Morgan fingerprint density at radius 1 is 1.06 bits per heavy atom. The summed E-state index contributed by atoms with van der Waals surface area (Å²) in [7, 11) is 0. The van der Waals surface area contributed by atoms with Crippen LogP contribution in [-0.2, 0) is 6.42 Å². The highest BCUT2D eigenvalue weighted by Gasteiger charge is 2.32. The third-order valence-corrected chi connectivity index (χ3v) is 3.10. The predicted octanol–water partition coefficient (Wildman–Crippen LogP) is 4.17. The normalized spacial score (nSPS) is 15.6. The number of rotatable bonds is 0. The zero-order chi connectivity index (χ0) is 10.5. The molecule has 0 spiro atoms. The molecule has 0 atom stereocenters. The molecule has 1 aliphatic heterocycles. The SMILES string of the molecule is Cc1cc(C)c2c(c1C)OC(C)(C)C2.Cl.Cl. The molecular formula is C13H20Cl2O. The molecule has 1 heterocycles. The van der Waals surface area contributed by atoms with Crippen molar-refractivity contribution in [3.63, 3.8) is 0 Å². The third-order valence-electron chi connectivity index (χ3n) is 3.10. The van der Waals surface area contributed by atoms with Crippen LogP contribution in [0.25, 0.3) is 0 Å². The Morgan fingerprint density at radius 2 is 1.62 bits per heavy atom. The largest absolute Gasteiger partial charge is 0.487 e. The Kier molecular flexibility index (Phi) is 4.73. The molecule has 0 amide bonds. The molecule has 1 aliphatic rings. The summed E-state index contributed by atoms with van der Waals surface area (Å²) in [6.07, 6.45) is 1.04. The van der Waals surface area contributed by atoms with Gasteiger partial charge in [-0.15, -0.1) is 24.8 Å². The lowest BCUT2D eigenvalue weighted by Crippen LogP contribution is -2.24. The lowest BCUT2D eigenvalue weighted by molar-refractivity contribution is 0.137. The van der Waals surface area contributed by atoms with Crippen LogP contribution in [0.2, 0.25) is 0 Å². The molecule has 0 aliphatic carbocycles. The Hall–Kier alpha value is -0.400. The van der Waals surface area contributed by atoms with Gasteiger partial charge in [0.1, 0.15) is 11.4 Å². The number of hydrogen-bond acceptors (Lipinski definition) is 1. The van der Waals surface area contributed by atoms with Crippen LogP contribution in [0.4, 0.5) is 0 Å². The molecule has 2 rings (SSSR count). The summed E-state index contributed by atoms with van der Waals surface area (Å²) >= 11 is 0. The van der Waals surface area contributed by atoms with Gasteiger partial charge in [0.15, 0.2) is 0 Å². The van der Waals surface area contributed by atoms with Crippen molar-refractivity contribution in [3.8, 4) is 5.75 Å². The van der Waals surface area contributed by atoms with Crippen molar-refractivity contribution in [1.29, 1.82) is 0 Å². The third kappa shape index (κ3) is 2.46. The van der Waals surface area contributed by atoms with Crippen molar-refractivity contribution in [3.05, 3.63) is 28.3 Å². The maximum Gasteiger partial charge on any atom is 0.126 e. The zero-order valence-electron chi connectivity index (χ0n) is 10.5. The summed E-state index contributed by atoms with van der Waals surface area (Å²) in [5, 5.41) is 0. The highest BCUT2D eigenvalue weighted by atomic mass is 35.5. The summed E-state index contributed by atoms with van der Waals surface area (Å²) in [6.45, 7) is 10.8. The molecule has 0 fully saturated rings. The smallest absolute Gasteiger partial charge is 0.126 e. The van der Waals surface area contributed by atoms with Crippen LogP contribution in [0.1, 0.15) is 36.1 Å². The summed E-state index contributed by atoms with van der Waals surface area (Å²) in [5.41, 5.74) is 5.38. The van der Waals surface area contributed by atoms with Gasteiger partial charge < -0.3 is 4.74 Å². The van der Waals surface area contributed by atoms with Crippen LogP contribution < -0.4 is 4.74 Å². The Labute approximate surface area is 110 Å². The first kappa shape index (κ1) is 15.6. The van der Waals surface area contributed by atoms with Gasteiger partial charge in [0.25, 0.3) is 0 Å². The van der Waals surface area contributed by atoms with E-state index in [2.05, 4.69) is 40.7 Å². The van der Waals surface area contributed by atoms with E-state index in [1.54, 1.807) is 0 Å². The van der Waals surface area contributed by atoms with Gasteiger partial charge in [-0.3, -0.25) is 0 Å². The van der Waals surface area contributed by atoms with Gasteiger partial charge >= 0.3 is 0 Å². The first-order chi connectivity index (χ1) is 6.41. The van der Waals surface area contributed by atoms with Gasteiger partial charge in [0, 0.05) is 12.0 Å². The molecule has 1 nitrogen and oxygen atoms in total. The van der Waals surface area contributed by atoms with Crippen LogP contribution in [0.5, 0.6) is 5.75 Å². The van der Waals surface area contributed by atoms with E-state index in [0.29, 0.717) is 0 Å². The number of ether oxygens (including phenoxy) is 1. The maximum absolute atomic E-state index is 5.99. The van der Waals surface area contributed by atoms with Gasteiger partial charge in [0.05, 0.1) is 0 Å². The number of benzene rings is 1. The van der Waals surface area contributed by atoms with Gasteiger partial charge in [-0.25, -0.2) is 0 Å². The van der Waals surface area contributed by atoms with Gasteiger partial charge in [-0.2, -0.15) is 0 Å². The second-order valence-corrected chi connectivity index (χ2v) is 4.98. The number of hydrogen-bond donors (Lipinski definition) is 0. The van der Waals surface area contributed by atoms with Crippen molar-refractivity contribution >= 4 is 24.8 Å². The molecule has 1 aromatic rings. The molecule has 16 heavy (non-hydrogen) atoms. The molecule has 92 valence electrons. The molecule has 0 saturated carbocycles. The monoisotopic (exact) mass is 262 g/mol. The van der Waals surface area contributed by atoms with Crippen LogP contribution in [0.3, 0.4) is 0 Å². The summed E-state index contributed by atoms with van der Waals surface area (Å²) in [6, 6.07) is 2.26. The summed E-state index contributed by atoms with van der Waals surface area (Å²) in [5.74, 6) is 1.13. The van der Waals surface area contributed by atoms with Crippen LogP contribution in [-0.4, -0.2) is 5.60 Å². The molecule has 0 saturated heterocycles. The van der Waals surface area contributed by atoms with E-state index < -0.39 is 0 Å². The predicted molar refractivity (Wildman–Crippen MR) is 73.6 cm³/mol. The van der Waals surface area contributed by atoms with Crippen molar-refractivity contribution in [2.45, 2.75) is 46.6 Å². The van der Waals surface area contributed by atoms with E-state index in [9.17, 15) is 0 Å². The van der Waals surface area contributed by atoms with Crippen molar-refractivity contribution in [2.24, 2.45) is 0 Å². The Morgan fingerprint density at radius 3 is 2.19 bits per heavy atom.